The number of aliphatic hydroxyl groups excluding tert-OH is 1. The number of ether oxygens (including phenoxy) is 2. The minimum atomic E-state index is -4.07. The molecular weight excluding hydrogens is 728 g/mol. The maximum atomic E-state index is 13.7. The summed E-state index contributed by atoms with van der Waals surface area (Å²) >= 11 is 9.83. The van der Waals surface area contributed by atoms with Crippen molar-refractivity contribution in [3.8, 4) is 11.5 Å². The van der Waals surface area contributed by atoms with Crippen LogP contribution >= 0.6 is 27.5 Å². The SMILES string of the molecule is O=C1NS(=O)(=O)[C@H](CCOc2ccc(Br)cc2)CC/C=C\[C@H](O)[C@@H]2CC[C@H]2CN2C[C@@]3(CCCc4cc(Cl)ccc43)COc3ccc1cc32. The molecule has 49 heavy (non-hydrogen) atoms. The van der Waals surface area contributed by atoms with Gasteiger partial charge in [-0.15, -0.1) is 0 Å². The van der Waals surface area contributed by atoms with Gasteiger partial charge >= 0.3 is 0 Å². The number of hydrogen-bond donors (Lipinski definition) is 2. The molecule has 8 nitrogen and oxygen atoms in total. The molecule has 4 aliphatic rings. The van der Waals surface area contributed by atoms with E-state index >= 15 is 0 Å². The number of benzene rings is 3. The van der Waals surface area contributed by atoms with Crippen LogP contribution in [0.15, 0.2) is 77.3 Å². The highest BCUT2D eigenvalue weighted by Gasteiger charge is 2.44. The first-order valence-electron chi connectivity index (χ1n) is 17.2. The fourth-order valence-corrected chi connectivity index (χ4v) is 9.89. The Bertz CT molecular complexity index is 1840. The highest BCUT2D eigenvalue weighted by atomic mass is 79.9. The van der Waals surface area contributed by atoms with Crippen molar-refractivity contribution < 1.29 is 27.8 Å². The summed E-state index contributed by atoms with van der Waals surface area (Å²) < 4.78 is 43.2. The molecule has 2 aliphatic heterocycles. The molecular formula is C38H42BrClN2O6S. The van der Waals surface area contributed by atoms with E-state index in [1.807, 2.05) is 42.5 Å². The molecule has 2 N–H and O–H groups in total. The number of carbonyl (C=O) groups is 1. The Balaban J connectivity index is 1.20. The summed E-state index contributed by atoms with van der Waals surface area (Å²) in [4.78, 5) is 16.0. The largest absolute Gasteiger partial charge is 0.494 e. The Morgan fingerprint density at radius 2 is 1.92 bits per heavy atom. The van der Waals surface area contributed by atoms with Crippen molar-refractivity contribution in [2.45, 2.75) is 68.1 Å². The number of aliphatic hydroxyl groups is 1. The number of halogens is 2. The summed E-state index contributed by atoms with van der Waals surface area (Å²) in [5.41, 5.74) is 3.23. The molecule has 0 saturated heterocycles. The van der Waals surface area contributed by atoms with E-state index in [-0.39, 0.29) is 42.3 Å². The third-order valence-corrected chi connectivity index (χ3v) is 13.4. The smallest absolute Gasteiger partial charge is 0.264 e. The van der Waals surface area contributed by atoms with Gasteiger partial charge in [0.25, 0.3) is 5.91 Å². The van der Waals surface area contributed by atoms with Crippen LogP contribution in [0.2, 0.25) is 5.02 Å². The summed E-state index contributed by atoms with van der Waals surface area (Å²) in [6.07, 6.45) is 8.85. The molecule has 5 atom stereocenters. The lowest BCUT2D eigenvalue weighted by Gasteiger charge is -2.45. The lowest BCUT2D eigenvalue weighted by Crippen LogP contribution is -2.49. The van der Waals surface area contributed by atoms with Gasteiger partial charge in [-0.3, -0.25) is 4.79 Å². The van der Waals surface area contributed by atoms with Crippen molar-refractivity contribution in [1.82, 2.24) is 4.72 Å². The Morgan fingerprint density at radius 3 is 2.71 bits per heavy atom. The molecule has 0 radical (unpaired) electrons. The highest BCUT2D eigenvalue weighted by Crippen LogP contribution is 2.46. The van der Waals surface area contributed by atoms with E-state index in [0.717, 1.165) is 47.3 Å². The number of sulfonamides is 1. The van der Waals surface area contributed by atoms with Crippen LogP contribution in [0, 0.1) is 11.8 Å². The molecule has 1 amide bonds. The Kier molecular flexibility index (Phi) is 10.0. The average Bonchev–Trinajstić information content (AvgIpc) is 3.21. The minimum absolute atomic E-state index is 0.0931. The van der Waals surface area contributed by atoms with Crippen molar-refractivity contribution >= 4 is 49.1 Å². The second-order valence-corrected chi connectivity index (χ2v) is 17.3. The summed E-state index contributed by atoms with van der Waals surface area (Å²) in [5.74, 6) is 0.978. The van der Waals surface area contributed by atoms with Gasteiger partial charge in [-0.2, -0.15) is 0 Å². The third-order valence-electron chi connectivity index (χ3n) is 10.9. The van der Waals surface area contributed by atoms with Gasteiger partial charge < -0.3 is 19.5 Å². The summed E-state index contributed by atoms with van der Waals surface area (Å²) in [6.45, 7) is 2.02. The van der Waals surface area contributed by atoms with Crippen LogP contribution in [0.1, 0.15) is 66.4 Å². The van der Waals surface area contributed by atoms with Crippen molar-refractivity contribution in [2.75, 3.05) is 31.2 Å². The summed E-state index contributed by atoms with van der Waals surface area (Å²) in [5, 5.41) is 11.1. The van der Waals surface area contributed by atoms with Crippen LogP contribution in [0.4, 0.5) is 5.69 Å². The molecule has 2 bridgehead atoms. The van der Waals surface area contributed by atoms with E-state index in [4.69, 9.17) is 21.1 Å². The predicted octanol–water partition coefficient (Wildman–Crippen LogP) is 7.21. The number of aryl methyl sites for hydroxylation is 1. The zero-order chi connectivity index (χ0) is 34.2. The molecule has 2 heterocycles. The molecule has 7 rings (SSSR count). The number of carbonyl (C=O) groups excluding carboxylic acids is 1. The Hall–Kier alpha value is -3.05. The molecule has 0 unspecified atom stereocenters. The average molecular weight is 770 g/mol. The van der Waals surface area contributed by atoms with Gasteiger partial charge in [-0.1, -0.05) is 45.7 Å². The number of hydrogen-bond acceptors (Lipinski definition) is 7. The topological polar surface area (TPSA) is 105 Å². The molecule has 3 aromatic rings. The van der Waals surface area contributed by atoms with E-state index in [9.17, 15) is 18.3 Å². The van der Waals surface area contributed by atoms with Crippen molar-refractivity contribution in [3.63, 3.8) is 0 Å². The monoisotopic (exact) mass is 768 g/mol. The third kappa shape index (κ3) is 7.39. The summed E-state index contributed by atoms with van der Waals surface area (Å²) in [6, 6.07) is 18.7. The number of nitrogens with one attached hydrogen (secondary N) is 1. The highest BCUT2D eigenvalue weighted by molar-refractivity contribution is 9.10. The number of amides is 1. The number of fused-ring (bicyclic) bond motifs is 4. The molecule has 0 aromatic heterocycles. The first-order chi connectivity index (χ1) is 23.6. The Labute approximate surface area is 302 Å². The standard InChI is InChI=1S/C38H42BrClN2O6S/c39-28-9-12-30(13-10-28)47-19-17-31-5-1-2-6-35(43)32-14-7-27(32)22-42-23-38(18-3-4-25-20-29(40)11-15-33(25)38)24-48-36-16-8-26(21-34(36)42)37(44)41-49(31,45)46/h2,6,8-13,15-16,20-21,27,31-32,35,43H,1,3-5,7,14,17-19,22-24H2,(H,41,44)/b6-2-/t27-,31-,32+,35-,38-/m0/s1. The van der Waals surface area contributed by atoms with E-state index in [0.29, 0.717) is 37.6 Å². The van der Waals surface area contributed by atoms with Gasteiger partial charge in [0.1, 0.15) is 11.5 Å². The normalized spacial score (nSPS) is 28.6. The van der Waals surface area contributed by atoms with E-state index in [1.165, 1.54) is 11.1 Å². The second kappa shape index (κ2) is 14.3. The van der Waals surface area contributed by atoms with Gasteiger partial charge in [-0.25, -0.2) is 13.1 Å². The van der Waals surface area contributed by atoms with Gasteiger partial charge in [-0.05, 0) is 129 Å². The molecule has 3 aromatic carbocycles. The zero-order valence-electron chi connectivity index (χ0n) is 27.3. The summed E-state index contributed by atoms with van der Waals surface area (Å²) in [7, 11) is -4.07. The lowest BCUT2D eigenvalue weighted by molar-refractivity contribution is 0.0456. The molecule has 1 fully saturated rings. The van der Waals surface area contributed by atoms with Crippen LogP contribution in [0.25, 0.3) is 0 Å². The molecule has 2 aliphatic carbocycles. The zero-order valence-corrected chi connectivity index (χ0v) is 30.5. The van der Waals surface area contributed by atoms with Crippen LogP contribution in [0.3, 0.4) is 0 Å². The first kappa shape index (κ1) is 34.4. The molecule has 260 valence electrons. The fraction of sp³-hybridized carbons (Fsp3) is 0.447. The molecule has 11 heteroatoms. The quantitative estimate of drug-likeness (QED) is 0.271. The van der Waals surface area contributed by atoms with Crippen molar-refractivity contribution in [3.05, 3.63) is 99.0 Å². The van der Waals surface area contributed by atoms with Crippen molar-refractivity contribution in [2.24, 2.45) is 11.8 Å². The van der Waals surface area contributed by atoms with E-state index in [2.05, 4.69) is 37.7 Å². The van der Waals surface area contributed by atoms with Crippen molar-refractivity contribution in [1.29, 1.82) is 0 Å². The van der Waals surface area contributed by atoms with Crippen LogP contribution in [-0.2, 0) is 21.9 Å². The minimum Gasteiger partial charge on any atom is -0.494 e. The maximum absolute atomic E-state index is 13.7. The predicted molar refractivity (Wildman–Crippen MR) is 195 cm³/mol. The first-order valence-corrected chi connectivity index (χ1v) is 19.9. The van der Waals surface area contributed by atoms with Crippen LogP contribution in [-0.4, -0.2) is 57.1 Å². The fourth-order valence-electron chi connectivity index (χ4n) is 8.04. The number of anilines is 1. The number of rotatable bonds is 4. The molecule has 1 saturated carbocycles. The molecule has 1 spiro atoms. The number of nitrogens with zero attached hydrogens (tertiary/aromatic N) is 1. The van der Waals surface area contributed by atoms with Gasteiger partial charge in [0, 0.05) is 33.6 Å². The Morgan fingerprint density at radius 1 is 1.08 bits per heavy atom. The van der Waals surface area contributed by atoms with Crippen LogP contribution in [0.5, 0.6) is 11.5 Å². The number of allylic oxidation sites excluding steroid dienone is 1. The van der Waals surface area contributed by atoms with Gasteiger partial charge in [0.15, 0.2) is 0 Å². The van der Waals surface area contributed by atoms with Gasteiger partial charge in [0.05, 0.1) is 30.3 Å². The second-order valence-electron chi connectivity index (χ2n) is 14.0. The van der Waals surface area contributed by atoms with E-state index in [1.54, 1.807) is 18.2 Å². The maximum Gasteiger partial charge on any atom is 0.264 e. The van der Waals surface area contributed by atoms with Gasteiger partial charge in [0.2, 0.25) is 10.0 Å². The van der Waals surface area contributed by atoms with Crippen LogP contribution < -0.4 is 19.1 Å². The lowest BCUT2D eigenvalue weighted by atomic mass is 9.68. The van der Waals surface area contributed by atoms with E-state index < -0.39 is 27.3 Å².